The van der Waals surface area contributed by atoms with Gasteiger partial charge < -0.3 is 10.1 Å². The lowest BCUT2D eigenvalue weighted by Gasteiger charge is -1.96. The van der Waals surface area contributed by atoms with Crippen LogP contribution in [0.3, 0.4) is 0 Å². The van der Waals surface area contributed by atoms with Gasteiger partial charge in [-0.15, -0.1) is 12.4 Å². The minimum Gasteiger partial charge on any atom is -0.399 e. The number of fused-ring (bicyclic) bond motifs is 1. The van der Waals surface area contributed by atoms with Crippen molar-refractivity contribution in [3.63, 3.8) is 0 Å². The van der Waals surface area contributed by atoms with Crippen molar-refractivity contribution < 1.29 is 0 Å². The lowest BCUT2D eigenvalue weighted by molar-refractivity contribution is 1.10. The molecule has 0 saturated carbocycles. The summed E-state index contributed by atoms with van der Waals surface area (Å²) in [5, 5.41) is 0. The maximum atomic E-state index is 5.63. The first-order chi connectivity index (χ1) is 5.68. The van der Waals surface area contributed by atoms with E-state index in [-0.39, 0.29) is 12.4 Å². The minimum absolute atomic E-state index is 0. The zero-order valence-corrected chi connectivity index (χ0v) is 8.43. The molecule has 2 rings (SSSR count). The van der Waals surface area contributed by atoms with Crippen LogP contribution in [0.4, 0.5) is 5.69 Å². The van der Waals surface area contributed by atoms with Crippen molar-refractivity contribution in [1.29, 1.82) is 0 Å². The standard InChI is InChI=1S/C9H11N3.ClH/c1-6-7(2)12-4-3-8(10)5-9(12)11-6;/h3-5H,10H2,1-2H3;1H. The van der Waals surface area contributed by atoms with Crippen LogP contribution in [0, 0.1) is 13.8 Å². The fourth-order valence-electron chi connectivity index (χ4n) is 1.30. The van der Waals surface area contributed by atoms with Gasteiger partial charge in [0, 0.05) is 23.6 Å². The number of anilines is 1. The third kappa shape index (κ3) is 1.47. The summed E-state index contributed by atoms with van der Waals surface area (Å²) >= 11 is 0. The summed E-state index contributed by atoms with van der Waals surface area (Å²) in [5.74, 6) is 0. The molecule has 0 saturated heterocycles. The fraction of sp³-hybridized carbons (Fsp3) is 0.222. The summed E-state index contributed by atoms with van der Waals surface area (Å²) in [6, 6.07) is 3.75. The predicted octanol–water partition coefficient (Wildman–Crippen LogP) is 1.96. The zero-order chi connectivity index (χ0) is 8.72. The van der Waals surface area contributed by atoms with Crippen molar-refractivity contribution in [1.82, 2.24) is 9.38 Å². The highest BCUT2D eigenvalue weighted by atomic mass is 35.5. The molecule has 2 heterocycles. The van der Waals surface area contributed by atoms with E-state index in [2.05, 4.69) is 4.98 Å². The topological polar surface area (TPSA) is 43.3 Å². The SMILES string of the molecule is Cc1nc2cc(N)ccn2c1C.Cl. The van der Waals surface area contributed by atoms with E-state index in [9.17, 15) is 0 Å². The number of aromatic nitrogens is 2. The van der Waals surface area contributed by atoms with Gasteiger partial charge >= 0.3 is 0 Å². The molecular weight excluding hydrogens is 186 g/mol. The van der Waals surface area contributed by atoms with E-state index in [4.69, 9.17) is 5.73 Å². The molecule has 0 radical (unpaired) electrons. The molecule has 0 bridgehead atoms. The molecule has 0 aliphatic carbocycles. The van der Waals surface area contributed by atoms with Gasteiger partial charge in [-0.05, 0) is 19.9 Å². The van der Waals surface area contributed by atoms with Crippen LogP contribution in [-0.2, 0) is 0 Å². The Morgan fingerprint density at radius 1 is 1.38 bits per heavy atom. The molecule has 0 aliphatic rings. The monoisotopic (exact) mass is 197 g/mol. The Labute approximate surface area is 83.0 Å². The van der Waals surface area contributed by atoms with E-state index >= 15 is 0 Å². The van der Waals surface area contributed by atoms with Gasteiger partial charge in [-0.3, -0.25) is 0 Å². The smallest absolute Gasteiger partial charge is 0.139 e. The molecule has 0 atom stereocenters. The lowest BCUT2D eigenvalue weighted by Crippen LogP contribution is -1.90. The van der Waals surface area contributed by atoms with E-state index in [1.165, 1.54) is 5.69 Å². The summed E-state index contributed by atoms with van der Waals surface area (Å²) in [7, 11) is 0. The summed E-state index contributed by atoms with van der Waals surface area (Å²) < 4.78 is 2.03. The maximum absolute atomic E-state index is 5.63. The molecule has 0 aliphatic heterocycles. The second kappa shape index (κ2) is 3.26. The van der Waals surface area contributed by atoms with Gasteiger partial charge in [-0.2, -0.15) is 0 Å². The van der Waals surface area contributed by atoms with Crippen LogP contribution in [0.2, 0.25) is 0 Å². The van der Waals surface area contributed by atoms with Gasteiger partial charge in [0.05, 0.1) is 5.69 Å². The quantitative estimate of drug-likeness (QED) is 0.702. The highest BCUT2D eigenvalue weighted by molar-refractivity contribution is 5.85. The number of nitrogen functional groups attached to an aromatic ring is 1. The Bertz CT molecular complexity index is 434. The Balaban J connectivity index is 0.000000845. The average Bonchev–Trinajstić information content (AvgIpc) is 2.28. The summed E-state index contributed by atoms with van der Waals surface area (Å²) in [4.78, 5) is 4.36. The molecule has 13 heavy (non-hydrogen) atoms. The fourth-order valence-corrected chi connectivity index (χ4v) is 1.30. The second-order valence-corrected chi connectivity index (χ2v) is 2.97. The number of imidazole rings is 1. The maximum Gasteiger partial charge on any atom is 0.139 e. The lowest BCUT2D eigenvalue weighted by atomic mass is 10.4. The van der Waals surface area contributed by atoms with Crippen LogP contribution < -0.4 is 5.73 Å². The van der Waals surface area contributed by atoms with Crippen LogP contribution in [0.1, 0.15) is 11.4 Å². The van der Waals surface area contributed by atoms with Gasteiger partial charge in [0.15, 0.2) is 0 Å². The normalized spacial score (nSPS) is 10.0. The van der Waals surface area contributed by atoms with E-state index in [1.807, 2.05) is 36.6 Å². The number of nitrogens with zero attached hydrogens (tertiary/aromatic N) is 2. The number of hydrogen-bond acceptors (Lipinski definition) is 2. The molecule has 0 fully saturated rings. The Morgan fingerprint density at radius 2 is 2.08 bits per heavy atom. The van der Waals surface area contributed by atoms with E-state index in [1.54, 1.807) is 0 Å². The molecule has 0 aromatic carbocycles. The molecule has 2 aromatic rings. The molecule has 0 amide bonds. The second-order valence-electron chi connectivity index (χ2n) is 2.97. The van der Waals surface area contributed by atoms with E-state index in [0.717, 1.165) is 17.0 Å². The van der Waals surface area contributed by atoms with Gasteiger partial charge in [-0.1, -0.05) is 0 Å². The number of halogens is 1. The molecule has 4 heteroatoms. The summed E-state index contributed by atoms with van der Waals surface area (Å²) in [6.45, 7) is 4.05. The van der Waals surface area contributed by atoms with Gasteiger partial charge in [-0.25, -0.2) is 4.98 Å². The summed E-state index contributed by atoms with van der Waals surface area (Å²) in [5.41, 5.74) is 9.54. The van der Waals surface area contributed by atoms with Gasteiger partial charge in [0.25, 0.3) is 0 Å². The zero-order valence-electron chi connectivity index (χ0n) is 7.61. The first-order valence-electron chi connectivity index (χ1n) is 3.89. The van der Waals surface area contributed by atoms with Crippen LogP contribution in [0.25, 0.3) is 5.65 Å². The summed E-state index contributed by atoms with van der Waals surface area (Å²) in [6.07, 6.45) is 1.94. The van der Waals surface area contributed by atoms with Crippen molar-refractivity contribution in [3.05, 3.63) is 29.7 Å². The molecule has 70 valence electrons. The third-order valence-corrected chi connectivity index (χ3v) is 2.13. The van der Waals surface area contributed by atoms with Crippen molar-refractivity contribution in [2.24, 2.45) is 0 Å². The number of rotatable bonds is 0. The Hall–Kier alpha value is -1.22. The van der Waals surface area contributed by atoms with Crippen molar-refractivity contribution >= 4 is 23.7 Å². The molecule has 2 N–H and O–H groups in total. The number of pyridine rings is 1. The average molecular weight is 198 g/mol. The first-order valence-corrected chi connectivity index (χ1v) is 3.89. The largest absolute Gasteiger partial charge is 0.399 e. The highest BCUT2D eigenvalue weighted by Crippen LogP contribution is 2.12. The minimum atomic E-state index is 0. The first kappa shape index (κ1) is 9.86. The number of aryl methyl sites for hydroxylation is 2. The number of nitrogens with two attached hydrogens (primary N) is 1. The molecule has 0 spiro atoms. The Kier molecular flexibility index (Phi) is 2.48. The van der Waals surface area contributed by atoms with Crippen molar-refractivity contribution in [3.8, 4) is 0 Å². The van der Waals surface area contributed by atoms with Crippen LogP contribution in [0.15, 0.2) is 18.3 Å². The highest BCUT2D eigenvalue weighted by Gasteiger charge is 2.02. The molecule has 0 unspecified atom stereocenters. The van der Waals surface area contributed by atoms with Crippen LogP contribution in [0.5, 0.6) is 0 Å². The third-order valence-electron chi connectivity index (χ3n) is 2.13. The Morgan fingerprint density at radius 3 is 2.77 bits per heavy atom. The van der Waals surface area contributed by atoms with E-state index < -0.39 is 0 Å². The van der Waals surface area contributed by atoms with Crippen molar-refractivity contribution in [2.75, 3.05) is 5.73 Å². The van der Waals surface area contributed by atoms with E-state index in [0.29, 0.717) is 0 Å². The molecule has 2 aromatic heterocycles. The van der Waals surface area contributed by atoms with Gasteiger partial charge in [0.1, 0.15) is 5.65 Å². The van der Waals surface area contributed by atoms with Crippen LogP contribution >= 0.6 is 12.4 Å². The van der Waals surface area contributed by atoms with Crippen LogP contribution in [-0.4, -0.2) is 9.38 Å². The van der Waals surface area contributed by atoms with Gasteiger partial charge in [0.2, 0.25) is 0 Å². The number of hydrogen-bond donors (Lipinski definition) is 1. The molecule has 3 nitrogen and oxygen atoms in total. The molecular formula is C9H12ClN3. The van der Waals surface area contributed by atoms with Crippen molar-refractivity contribution in [2.45, 2.75) is 13.8 Å². The predicted molar refractivity (Wildman–Crippen MR) is 56.3 cm³/mol.